The lowest BCUT2D eigenvalue weighted by atomic mass is 10.1. The molecule has 1 unspecified atom stereocenters. The van der Waals surface area contributed by atoms with E-state index in [-0.39, 0.29) is 0 Å². The Morgan fingerprint density at radius 2 is 2.33 bits per heavy atom. The Kier molecular flexibility index (Phi) is 3.17. The molecule has 0 radical (unpaired) electrons. The van der Waals surface area contributed by atoms with Crippen LogP contribution in [-0.4, -0.2) is 17.6 Å². The first kappa shape index (κ1) is 10.8. The summed E-state index contributed by atoms with van der Waals surface area (Å²) in [7, 11) is 0. The molecule has 0 aromatic heterocycles. The summed E-state index contributed by atoms with van der Waals surface area (Å²) in [6.07, 6.45) is 1.59. The van der Waals surface area contributed by atoms with Crippen molar-refractivity contribution in [1.29, 1.82) is 0 Å². The molecule has 0 spiro atoms. The maximum atomic E-state index is 5.97. The monoisotopic (exact) mass is 224 g/mol. The summed E-state index contributed by atoms with van der Waals surface area (Å²) in [6.45, 7) is 6.56. The first-order valence-electron chi connectivity index (χ1n) is 5.49. The highest BCUT2D eigenvalue weighted by molar-refractivity contribution is 6.30. The average Bonchev–Trinajstić information content (AvgIpc) is 2.20. The van der Waals surface area contributed by atoms with Crippen molar-refractivity contribution in [2.45, 2.75) is 33.0 Å². The van der Waals surface area contributed by atoms with Crippen LogP contribution in [-0.2, 0) is 6.54 Å². The van der Waals surface area contributed by atoms with Crippen molar-refractivity contribution in [1.82, 2.24) is 4.90 Å². The minimum absolute atomic E-state index is 0.399. The molecule has 0 bridgehead atoms. The van der Waals surface area contributed by atoms with Gasteiger partial charge >= 0.3 is 0 Å². The van der Waals surface area contributed by atoms with Crippen LogP contribution in [0.25, 0.3) is 0 Å². The summed E-state index contributed by atoms with van der Waals surface area (Å²) in [5.41, 5.74) is 2.52. The Morgan fingerprint density at radius 3 is 3.07 bits per heavy atom. The Balaban J connectivity index is 2.22. The van der Waals surface area contributed by atoms with E-state index in [0.29, 0.717) is 6.17 Å². The highest BCUT2D eigenvalue weighted by Crippen LogP contribution is 2.27. The quantitative estimate of drug-likeness (QED) is 0.829. The fraction of sp³-hybridized carbons (Fsp3) is 0.500. The molecule has 0 fully saturated rings. The van der Waals surface area contributed by atoms with Gasteiger partial charge in [0.25, 0.3) is 0 Å². The van der Waals surface area contributed by atoms with Gasteiger partial charge in [-0.2, -0.15) is 0 Å². The zero-order valence-electron chi connectivity index (χ0n) is 9.26. The molecule has 3 heteroatoms. The lowest BCUT2D eigenvalue weighted by Crippen LogP contribution is -2.42. The molecule has 0 saturated carbocycles. The van der Waals surface area contributed by atoms with Gasteiger partial charge in [-0.1, -0.05) is 24.6 Å². The van der Waals surface area contributed by atoms with E-state index < -0.39 is 0 Å². The van der Waals surface area contributed by atoms with E-state index in [2.05, 4.69) is 30.1 Å². The molecule has 2 rings (SSSR count). The molecule has 2 nitrogen and oxygen atoms in total. The number of nitrogens with one attached hydrogen (secondary N) is 1. The molecular formula is C12H17ClN2. The third-order valence-electron chi connectivity index (χ3n) is 2.87. The van der Waals surface area contributed by atoms with E-state index >= 15 is 0 Å². The average molecular weight is 225 g/mol. The van der Waals surface area contributed by atoms with Gasteiger partial charge in [0.15, 0.2) is 0 Å². The fourth-order valence-electron chi connectivity index (χ4n) is 2.05. The van der Waals surface area contributed by atoms with Crippen molar-refractivity contribution in [3.63, 3.8) is 0 Å². The van der Waals surface area contributed by atoms with Crippen LogP contribution in [0.3, 0.4) is 0 Å². The van der Waals surface area contributed by atoms with Gasteiger partial charge in [-0.3, -0.25) is 4.90 Å². The normalized spacial score (nSPS) is 20.9. The Hall–Kier alpha value is -0.730. The number of anilines is 1. The molecule has 0 amide bonds. The van der Waals surface area contributed by atoms with Crippen molar-refractivity contribution in [3.8, 4) is 0 Å². The molecule has 0 saturated heterocycles. The minimum atomic E-state index is 0.399. The largest absolute Gasteiger partial charge is 0.370 e. The molecule has 15 heavy (non-hydrogen) atoms. The Bertz CT molecular complexity index is 351. The number of nitrogens with zero attached hydrogens (tertiary/aromatic N) is 1. The van der Waals surface area contributed by atoms with Crippen LogP contribution in [0.2, 0.25) is 5.02 Å². The third kappa shape index (κ3) is 2.27. The molecule has 1 aliphatic heterocycles. The van der Waals surface area contributed by atoms with Crippen LogP contribution < -0.4 is 5.32 Å². The molecule has 1 aromatic rings. The zero-order valence-corrected chi connectivity index (χ0v) is 10.0. The molecule has 1 N–H and O–H groups in total. The summed E-state index contributed by atoms with van der Waals surface area (Å²) < 4.78 is 0. The molecule has 1 heterocycles. The van der Waals surface area contributed by atoms with E-state index in [1.54, 1.807) is 0 Å². The lowest BCUT2D eigenvalue weighted by molar-refractivity contribution is 0.210. The topological polar surface area (TPSA) is 15.3 Å². The SMILES string of the molecule is CCCN1Cc2ccc(Cl)cc2NC1C. The van der Waals surface area contributed by atoms with Crippen molar-refractivity contribution in [2.24, 2.45) is 0 Å². The number of benzene rings is 1. The van der Waals surface area contributed by atoms with E-state index in [1.807, 2.05) is 12.1 Å². The molecular weight excluding hydrogens is 208 g/mol. The van der Waals surface area contributed by atoms with Gasteiger partial charge in [0, 0.05) is 23.8 Å². The van der Waals surface area contributed by atoms with Gasteiger partial charge in [0.1, 0.15) is 0 Å². The molecule has 1 atom stereocenters. The van der Waals surface area contributed by atoms with E-state index in [9.17, 15) is 0 Å². The molecule has 82 valence electrons. The standard InChI is InChI=1S/C12H17ClN2/c1-3-6-15-8-10-4-5-11(13)7-12(10)14-9(15)2/h4-5,7,9,14H,3,6,8H2,1-2H3. The highest BCUT2D eigenvalue weighted by Gasteiger charge is 2.20. The van der Waals surface area contributed by atoms with Crippen molar-refractivity contribution < 1.29 is 0 Å². The second-order valence-corrected chi connectivity index (χ2v) is 4.53. The van der Waals surface area contributed by atoms with Crippen LogP contribution in [0.4, 0.5) is 5.69 Å². The van der Waals surface area contributed by atoms with E-state index in [1.165, 1.54) is 17.7 Å². The summed E-state index contributed by atoms with van der Waals surface area (Å²) in [4.78, 5) is 2.44. The third-order valence-corrected chi connectivity index (χ3v) is 3.10. The van der Waals surface area contributed by atoms with Gasteiger partial charge in [-0.05, 0) is 31.0 Å². The maximum absolute atomic E-state index is 5.97. The van der Waals surface area contributed by atoms with Crippen LogP contribution in [0.1, 0.15) is 25.8 Å². The van der Waals surface area contributed by atoms with Gasteiger partial charge < -0.3 is 5.32 Å². The summed E-state index contributed by atoms with van der Waals surface area (Å²) in [5, 5.41) is 4.28. The van der Waals surface area contributed by atoms with Crippen LogP contribution in [0.15, 0.2) is 18.2 Å². The number of rotatable bonds is 2. The predicted molar refractivity (Wildman–Crippen MR) is 65.2 cm³/mol. The number of fused-ring (bicyclic) bond motifs is 1. The van der Waals surface area contributed by atoms with Crippen LogP contribution >= 0.6 is 11.6 Å². The number of hydrogen-bond donors (Lipinski definition) is 1. The number of halogens is 1. The molecule has 1 aromatic carbocycles. The second-order valence-electron chi connectivity index (χ2n) is 4.09. The highest BCUT2D eigenvalue weighted by atomic mass is 35.5. The Morgan fingerprint density at radius 1 is 1.53 bits per heavy atom. The summed E-state index contributed by atoms with van der Waals surface area (Å²) in [6, 6.07) is 6.08. The molecule has 0 aliphatic carbocycles. The maximum Gasteiger partial charge on any atom is 0.0767 e. The number of hydrogen-bond acceptors (Lipinski definition) is 2. The van der Waals surface area contributed by atoms with Gasteiger partial charge in [-0.15, -0.1) is 0 Å². The summed E-state index contributed by atoms with van der Waals surface area (Å²) in [5.74, 6) is 0. The molecule has 1 aliphatic rings. The van der Waals surface area contributed by atoms with Crippen LogP contribution in [0, 0.1) is 0 Å². The second kappa shape index (κ2) is 4.42. The minimum Gasteiger partial charge on any atom is -0.370 e. The van der Waals surface area contributed by atoms with Crippen molar-refractivity contribution >= 4 is 17.3 Å². The smallest absolute Gasteiger partial charge is 0.0767 e. The lowest BCUT2D eigenvalue weighted by Gasteiger charge is -2.36. The van der Waals surface area contributed by atoms with Crippen LogP contribution in [0.5, 0.6) is 0 Å². The van der Waals surface area contributed by atoms with Gasteiger partial charge in [0.05, 0.1) is 6.17 Å². The zero-order chi connectivity index (χ0) is 10.8. The van der Waals surface area contributed by atoms with E-state index in [0.717, 1.165) is 18.1 Å². The van der Waals surface area contributed by atoms with Crippen molar-refractivity contribution in [2.75, 3.05) is 11.9 Å². The fourth-order valence-corrected chi connectivity index (χ4v) is 2.23. The summed E-state index contributed by atoms with van der Waals surface area (Å²) >= 11 is 5.97. The van der Waals surface area contributed by atoms with E-state index in [4.69, 9.17) is 11.6 Å². The van der Waals surface area contributed by atoms with Gasteiger partial charge in [0.2, 0.25) is 0 Å². The Labute approximate surface area is 96.2 Å². The predicted octanol–water partition coefficient (Wildman–Crippen LogP) is 3.32. The first-order chi connectivity index (χ1) is 7.20. The van der Waals surface area contributed by atoms with Crippen molar-refractivity contribution in [3.05, 3.63) is 28.8 Å². The first-order valence-corrected chi connectivity index (χ1v) is 5.87. The van der Waals surface area contributed by atoms with Gasteiger partial charge in [-0.25, -0.2) is 0 Å².